The topological polar surface area (TPSA) is 72.2 Å². The molecule has 1 heterocycles. The van der Waals surface area contributed by atoms with E-state index in [4.69, 9.17) is 5.11 Å². The Morgan fingerprint density at radius 1 is 1.35 bits per heavy atom. The third-order valence-electron chi connectivity index (χ3n) is 2.44. The molecule has 0 aliphatic heterocycles. The van der Waals surface area contributed by atoms with Gasteiger partial charge in [0.25, 0.3) is 0 Å². The van der Waals surface area contributed by atoms with Crippen molar-refractivity contribution in [1.82, 2.24) is 9.78 Å². The van der Waals surface area contributed by atoms with Gasteiger partial charge in [0, 0.05) is 18.2 Å². The van der Waals surface area contributed by atoms with Crippen LogP contribution in [-0.2, 0) is 7.05 Å². The number of carbonyl (C=O) groups is 2. The number of hydrogen-bond acceptors (Lipinski definition) is 3. The Hall–Kier alpha value is -2.43. The zero-order valence-corrected chi connectivity index (χ0v) is 9.12. The van der Waals surface area contributed by atoms with E-state index in [1.54, 1.807) is 31.3 Å². The number of hydrogen-bond donors (Lipinski definition) is 1. The average molecular weight is 230 g/mol. The van der Waals surface area contributed by atoms with E-state index < -0.39 is 5.97 Å². The van der Waals surface area contributed by atoms with Crippen LogP contribution < -0.4 is 0 Å². The van der Waals surface area contributed by atoms with E-state index in [9.17, 15) is 9.59 Å². The number of carboxylic acid groups (broad SMARTS) is 1. The smallest absolute Gasteiger partial charge is 0.354 e. The second kappa shape index (κ2) is 4.21. The second-order valence-electron chi connectivity index (χ2n) is 3.58. The van der Waals surface area contributed by atoms with Crippen LogP contribution in [0.5, 0.6) is 0 Å². The van der Waals surface area contributed by atoms with E-state index in [-0.39, 0.29) is 5.69 Å². The van der Waals surface area contributed by atoms with E-state index >= 15 is 0 Å². The third-order valence-corrected chi connectivity index (χ3v) is 2.44. The van der Waals surface area contributed by atoms with Crippen LogP contribution in [0.1, 0.15) is 20.8 Å². The van der Waals surface area contributed by atoms with Crippen LogP contribution in [0.3, 0.4) is 0 Å². The summed E-state index contributed by atoms with van der Waals surface area (Å²) < 4.78 is 1.31. The number of aromatic nitrogens is 2. The molecule has 0 saturated heterocycles. The van der Waals surface area contributed by atoms with Gasteiger partial charge in [0.15, 0.2) is 0 Å². The van der Waals surface area contributed by atoms with E-state index in [1.807, 2.05) is 0 Å². The quantitative estimate of drug-likeness (QED) is 0.813. The minimum Gasteiger partial charge on any atom is -0.477 e. The van der Waals surface area contributed by atoms with Crippen LogP contribution in [0.15, 0.2) is 30.3 Å². The maximum atomic E-state index is 10.9. The molecule has 5 heteroatoms. The molecule has 17 heavy (non-hydrogen) atoms. The Bertz CT molecular complexity index is 570. The van der Waals surface area contributed by atoms with Crippen LogP contribution in [0.25, 0.3) is 11.3 Å². The molecule has 0 fully saturated rings. The van der Waals surface area contributed by atoms with Gasteiger partial charge in [-0.2, -0.15) is 5.10 Å². The Balaban J connectivity index is 2.42. The molecule has 0 radical (unpaired) electrons. The molecule has 0 bridgehead atoms. The number of carbonyl (C=O) groups excluding carboxylic acids is 1. The number of aromatic carboxylic acids is 1. The van der Waals surface area contributed by atoms with Crippen LogP contribution in [-0.4, -0.2) is 27.1 Å². The van der Waals surface area contributed by atoms with Crippen molar-refractivity contribution < 1.29 is 14.7 Å². The number of benzene rings is 1. The summed E-state index contributed by atoms with van der Waals surface area (Å²) in [4.78, 5) is 21.4. The lowest BCUT2D eigenvalue weighted by Crippen LogP contribution is -2.04. The Morgan fingerprint density at radius 3 is 2.47 bits per heavy atom. The summed E-state index contributed by atoms with van der Waals surface area (Å²) in [5.41, 5.74) is 2.05. The zero-order chi connectivity index (χ0) is 12.4. The SMILES string of the molecule is Cn1nc(-c2ccc(C=O)cc2)cc1C(=O)O. The number of rotatable bonds is 3. The minimum atomic E-state index is -1.02. The molecule has 0 spiro atoms. The second-order valence-corrected chi connectivity index (χ2v) is 3.58. The summed E-state index contributed by atoms with van der Waals surface area (Å²) >= 11 is 0. The highest BCUT2D eigenvalue weighted by Crippen LogP contribution is 2.19. The van der Waals surface area contributed by atoms with E-state index in [0.29, 0.717) is 11.3 Å². The van der Waals surface area contributed by atoms with E-state index in [2.05, 4.69) is 5.10 Å². The minimum absolute atomic E-state index is 0.125. The molecule has 0 aliphatic rings. The fourth-order valence-corrected chi connectivity index (χ4v) is 1.54. The highest BCUT2D eigenvalue weighted by atomic mass is 16.4. The molecule has 1 N–H and O–H groups in total. The summed E-state index contributed by atoms with van der Waals surface area (Å²) in [6, 6.07) is 8.29. The molecule has 1 aromatic carbocycles. The van der Waals surface area contributed by atoms with Gasteiger partial charge >= 0.3 is 5.97 Å². The van der Waals surface area contributed by atoms with Gasteiger partial charge in [0.1, 0.15) is 12.0 Å². The molecule has 2 aromatic rings. The van der Waals surface area contributed by atoms with Crippen molar-refractivity contribution >= 4 is 12.3 Å². The molecular formula is C12H10N2O3. The van der Waals surface area contributed by atoms with Gasteiger partial charge in [0.2, 0.25) is 0 Å². The van der Waals surface area contributed by atoms with Crippen LogP contribution >= 0.6 is 0 Å². The van der Waals surface area contributed by atoms with Gasteiger partial charge in [-0.25, -0.2) is 4.79 Å². The Labute approximate surface area is 97.3 Å². The number of aryl methyl sites for hydroxylation is 1. The van der Waals surface area contributed by atoms with Crippen LogP contribution in [0.2, 0.25) is 0 Å². The first kappa shape index (κ1) is 11.1. The van der Waals surface area contributed by atoms with Crippen molar-refractivity contribution in [2.45, 2.75) is 0 Å². The first-order valence-corrected chi connectivity index (χ1v) is 4.95. The predicted molar refractivity (Wildman–Crippen MR) is 61.0 cm³/mol. The summed E-state index contributed by atoms with van der Waals surface area (Å²) in [5.74, 6) is -1.02. The van der Waals surface area contributed by atoms with Gasteiger partial charge in [-0.3, -0.25) is 9.48 Å². The molecule has 0 aliphatic carbocycles. The summed E-state index contributed by atoms with van der Waals surface area (Å²) in [7, 11) is 1.58. The first-order valence-electron chi connectivity index (χ1n) is 4.95. The van der Waals surface area contributed by atoms with Gasteiger partial charge in [-0.05, 0) is 6.07 Å². The van der Waals surface area contributed by atoms with Crippen molar-refractivity contribution in [3.05, 3.63) is 41.6 Å². The standard InChI is InChI=1S/C12H10N2O3/c1-14-11(12(16)17)6-10(13-14)9-4-2-8(7-15)3-5-9/h2-7H,1H3,(H,16,17). The summed E-state index contributed by atoms with van der Waals surface area (Å²) in [5, 5.41) is 13.0. The van der Waals surface area contributed by atoms with Crippen LogP contribution in [0, 0.1) is 0 Å². The van der Waals surface area contributed by atoms with Crippen molar-refractivity contribution in [1.29, 1.82) is 0 Å². The van der Waals surface area contributed by atoms with Crippen molar-refractivity contribution in [2.75, 3.05) is 0 Å². The first-order chi connectivity index (χ1) is 8.11. The number of carboxylic acids is 1. The Morgan fingerprint density at radius 2 is 2.00 bits per heavy atom. The lowest BCUT2D eigenvalue weighted by molar-refractivity contribution is 0.0685. The number of aldehydes is 1. The molecule has 1 aromatic heterocycles. The molecule has 86 valence electrons. The fourth-order valence-electron chi connectivity index (χ4n) is 1.54. The highest BCUT2D eigenvalue weighted by molar-refractivity contribution is 5.87. The molecule has 0 atom stereocenters. The monoisotopic (exact) mass is 230 g/mol. The fraction of sp³-hybridized carbons (Fsp3) is 0.0833. The largest absolute Gasteiger partial charge is 0.477 e. The maximum absolute atomic E-state index is 10.9. The average Bonchev–Trinajstić information content (AvgIpc) is 2.71. The van der Waals surface area contributed by atoms with E-state index in [0.717, 1.165) is 11.8 Å². The molecule has 0 unspecified atom stereocenters. The van der Waals surface area contributed by atoms with Crippen molar-refractivity contribution in [2.24, 2.45) is 7.05 Å². The third kappa shape index (κ3) is 2.08. The lowest BCUT2D eigenvalue weighted by atomic mass is 10.1. The molecule has 5 nitrogen and oxygen atoms in total. The van der Waals surface area contributed by atoms with Crippen molar-refractivity contribution in [3.8, 4) is 11.3 Å². The Kier molecular flexibility index (Phi) is 2.74. The van der Waals surface area contributed by atoms with Gasteiger partial charge in [-0.1, -0.05) is 24.3 Å². The van der Waals surface area contributed by atoms with Crippen LogP contribution in [0.4, 0.5) is 0 Å². The van der Waals surface area contributed by atoms with Gasteiger partial charge in [0.05, 0.1) is 5.69 Å². The maximum Gasteiger partial charge on any atom is 0.354 e. The molecule has 0 amide bonds. The lowest BCUT2D eigenvalue weighted by Gasteiger charge is -1.96. The van der Waals surface area contributed by atoms with Gasteiger partial charge in [-0.15, -0.1) is 0 Å². The van der Waals surface area contributed by atoms with E-state index in [1.165, 1.54) is 10.7 Å². The summed E-state index contributed by atoms with van der Waals surface area (Å²) in [6.07, 6.45) is 0.755. The molecular weight excluding hydrogens is 220 g/mol. The zero-order valence-electron chi connectivity index (χ0n) is 9.12. The molecule has 2 rings (SSSR count). The predicted octanol–water partition coefficient (Wildman–Crippen LogP) is 1.60. The highest BCUT2D eigenvalue weighted by Gasteiger charge is 2.12. The normalized spacial score (nSPS) is 10.2. The summed E-state index contributed by atoms with van der Waals surface area (Å²) in [6.45, 7) is 0. The number of nitrogens with zero attached hydrogens (tertiary/aromatic N) is 2. The van der Waals surface area contributed by atoms with Gasteiger partial charge < -0.3 is 5.11 Å². The molecule has 0 saturated carbocycles. The van der Waals surface area contributed by atoms with Crippen molar-refractivity contribution in [3.63, 3.8) is 0 Å².